The van der Waals surface area contributed by atoms with E-state index in [0.29, 0.717) is 26.4 Å². The lowest BCUT2D eigenvalue weighted by molar-refractivity contribution is -0.225. The molecule has 0 N–H and O–H groups in total. The molecule has 28 heavy (non-hydrogen) atoms. The minimum absolute atomic E-state index is 0.166. The first-order valence-electron chi connectivity index (χ1n) is 9.73. The lowest BCUT2D eigenvalue weighted by atomic mass is 10.1. The molecule has 5 nitrogen and oxygen atoms in total. The van der Waals surface area contributed by atoms with Gasteiger partial charge in [0, 0.05) is 0 Å². The molecule has 2 aliphatic heterocycles. The Labute approximate surface area is 166 Å². The largest absolute Gasteiger partial charge is 0.492 e. The van der Waals surface area contributed by atoms with Gasteiger partial charge in [-0.15, -0.1) is 0 Å². The number of ether oxygens (including phenoxy) is 3. The van der Waals surface area contributed by atoms with Crippen LogP contribution in [0.4, 0.5) is 0 Å². The number of nitrogens with zero attached hydrogens (tertiary/aromatic N) is 1. The molecule has 2 aliphatic rings. The fraction of sp³-hybridized carbons (Fsp3) is 0.391. The maximum Gasteiger partial charge on any atom is 0.163 e. The van der Waals surface area contributed by atoms with Crippen LogP contribution in [0.3, 0.4) is 0 Å². The minimum Gasteiger partial charge on any atom is -0.492 e. The Balaban J connectivity index is 1.53. The van der Waals surface area contributed by atoms with Gasteiger partial charge in [0.1, 0.15) is 24.5 Å². The van der Waals surface area contributed by atoms with Crippen LogP contribution < -0.4 is 0 Å². The molecule has 0 bridgehead atoms. The van der Waals surface area contributed by atoms with Gasteiger partial charge < -0.3 is 14.2 Å². The van der Waals surface area contributed by atoms with E-state index in [-0.39, 0.29) is 12.1 Å². The molecule has 0 spiro atoms. The first kappa shape index (κ1) is 19.2. The van der Waals surface area contributed by atoms with Crippen LogP contribution in [-0.2, 0) is 32.2 Å². The van der Waals surface area contributed by atoms with Gasteiger partial charge in [0.15, 0.2) is 5.79 Å². The van der Waals surface area contributed by atoms with E-state index >= 15 is 0 Å². The third-order valence-corrected chi connectivity index (χ3v) is 4.94. The zero-order valence-corrected chi connectivity index (χ0v) is 16.4. The first-order chi connectivity index (χ1) is 13.6. The molecule has 0 unspecified atom stereocenters. The summed E-state index contributed by atoms with van der Waals surface area (Å²) < 4.78 is 18.2. The van der Waals surface area contributed by atoms with E-state index in [1.807, 2.05) is 61.4 Å². The van der Waals surface area contributed by atoms with Crippen molar-refractivity contribution in [2.75, 3.05) is 13.2 Å². The van der Waals surface area contributed by atoms with Crippen molar-refractivity contribution in [3.63, 3.8) is 0 Å². The van der Waals surface area contributed by atoms with Gasteiger partial charge in [-0.2, -0.15) is 5.06 Å². The highest BCUT2D eigenvalue weighted by Gasteiger charge is 2.44. The SMILES string of the molecule is CC1(C)OC[C@@H]([C@@H]2C(OCc3ccccc3)=CCON2Cc2ccccc2)O1. The molecule has 2 atom stereocenters. The average Bonchev–Trinajstić information content (AvgIpc) is 3.07. The van der Waals surface area contributed by atoms with Gasteiger partial charge in [-0.25, -0.2) is 0 Å². The van der Waals surface area contributed by atoms with E-state index in [2.05, 4.69) is 24.3 Å². The summed E-state index contributed by atoms with van der Waals surface area (Å²) in [5, 5.41) is 1.96. The zero-order chi connectivity index (χ0) is 19.4. The maximum absolute atomic E-state index is 6.23. The molecule has 4 rings (SSSR count). The van der Waals surface area contributed by atoms with Gasteiger partial charge in [0.05, 0.1) is 19.8 Å². The van der Waals surface area contributed by atoms with E-state index < -0.39 is 5.79 Å². The number of hydrogen-bond donors (Lipinski definition) is 0. The highest BCUT2D eigenvalue weighted by Crippen LogP contribution is 2.32. The molecule has 0 amide bonds. The van der Waals surface area contributed by atoms with Gasteiger partial charge in [0.2, 0.25) is 0 Å². The second kappa shape index (κ2) is 8.45. The maximum atomic E-state index is 6.23. The van der Waals surface area contributed by atoms with E-state index in [1.54, 1.807) is 0 Å². The van der Waals surface area contributed by atoms with Crippen molar-refractivity contribution in [2.45, 2.75) is 44.9 Å². The monoisotopic (exact) mass is 381 g/mol. The van der Waals surface area contributed by atoms with Crippen molar-refractivity contribution >= 4 is 0 Å². The summed E-state index contributed by atoms with van der Waals surface area (Å²) in [5.41, 5.74) is 2.31. The van der Waals surface area contributed by atoms with Crippen LogP contribution in [0.5, 0.6) is 0 Å². The first-order valence-corrected chi connectivity index (χ1v) is 9.73. The summed E-state index contributed by atoms with van der Waals surface area (Å²) in [5.74, 6) is 0.266. The topological polar surface area (TPSA) is 40.2 Å². The summed E-state index contributed by atoms with van der Waals surface area (Å²) in [6.07, 6.45) is 1.84. The smallest absolute Gasteiger partial charge is 0.163 e. The predicted octanol–water partition coefficient (Wildman–Crippen LogP) is 4.05. The van der Waals surface area contributed by atoms with Crippen molar-refractivity contribution in [2.24, 2.45) is 0 Å². The average molecular weight is 381 g/mol. The van der Waals surface area contributed by atoms with Crippen molar-refractivity contribution in [1.29, 1.82) is 0 Å². The van der Waals surface area contributed by atoms with E-state index in [9.17, 15) is 0 Å². The Morgan fingerprint density at radius 2 is 1.68 bits per heavy atom. The van der Waals surface area contributed by atoms with E-state index in [0.717, 1.165) is 11.3 Å². The minimum atomic E-state index is -0.606. The molecular formula is C23H27NO4. The molecule has 1 saturated heterocycles. The molecule has 0 radical (unpaired) electrons. The molecule has 148 valence electrons. The van der Waals surface area contributed by atoms with Crippen LogP contribution in [0.15, 0.2) is 72.5 Å². The predicted molar refractivity (Wildman–Crippen MR) is 106 cm³/mol. The molecule has 5 heteroatoms. The lowest BCUT2D eigenvalue weighted by Crippen LogP contribution is -2.48. The summed E-state index contributed by atoms with van der Waals surface area (Å²) >= 11 is 0. The number of hydroxylamine groups is 2. The molecule has 0 aromatic heterocycles. The Kier molecular flexibility index (Phi) is 5.78. The quantitative estimate of drug-likeness (QED) is 0.755. The zero-order valence-electron chi connectivity index (χ0n) is 16.4. The highest BCUT2D eigenvalue weighted by molar-refractivity contribution is 5.18. The van der Waals surface area contributed by atoms with Crippen LogP contribution in [0.1, 0.15) is 25.0 Å². The third-order valence-electron chi connectivity index (χ3n) is 4.94. The van der Waals surface area contributed by atoms with Crippen LogP contribution in [0.25, 0.3) is 0 Å². The van der Waals surface area contributed by atoms with Crippen molar-refractivity contribution in [3.05, 3.63) is 83.6 Å². The summed E-state index contributed by atoms with van der Waals surface area (Å²) in [6.45, 7) is 6.01. The lowest BCUT2D eigenvalue weighted by Gasteiger charge is -2.37. The van der Waals surface area contributed by atoms with Crippen LogP contribution >= 0.6 is 0 Å². The summed E-state index contributed by atoms with van der Waals surface area (Å²) in [6, 6.07) is 20.3. The normalized spacial score (nSPS) is 24.7. The van der Waals surface area contributed by atoms with Gasteiger partial charge >= 0.3 is 0 Å². The van der Waals surface area contributed by atoms with Gasteiger partial charge in [-0.1, -0.05) is 60.7 Å². The molecular weight excluding hydrogens is 354 g/mol. The standard InChI is InChI=1S/C23H27NO4/c1-23(2)26-17-21(28-23)22-20(25-16-19-11-7-4-8-12-19)13-14-27-24(22)15-18-9-5-3-6-10-18/h3-13,21-22H,14-17H2,1-2H3/t21-,22-/m0/s1. The van der Waals surface area contributed by atoms with E-state index in [4.69, 9.17) is 19.0 Å². The summed E-state index contributed by atoms with van der Waals surface area (Å²) in [7, 11) is 0. The van der Waals surface area contributed by atoms with Gasteiger partial charge in [0.25, 0.3) is 0 Å². The number of benzene rings is 2. The third kappa shape index (κ3) is 4.62. The number of rotatable bonds is 6. The Hall–Kier alpha value is -2.18. The second-order valence-corrected chi connectivity index (χ2v) is 7.55. The Morgan fingerprint density at radius 3 is 2.32 bits per heavy atom. The van der Waals surface area contributed by atoms with Crippen molar-refractivity contribution < 1.29 is 19.0 Å². The molecule has 2 heterocycles. The van der Waals surface area contributed by atoms with Crippen LogP contribution in [-0.4, -0.2) is 36.2 Å². The van der Waals surface area contributed by atoms with Crippen LogP contribution in [0, 0.1) is 0 Å². The molecule has 0 aliphatic carbocycles. The Morgan fingerprint density at radius 1 is 1.00 bits per heavy atom. The number of hydrogen-bond acceptors (Lipinski definition) is 5. The Bertz CT molecular complexity index is 791. The molecule has 1 fully saturated rings. The van der Waals surface area contributed by atoms with E-state index in [1.165, 1.54) is 5.56 Å². The van der Waals surface area contributed by atoms with Crippen molar-refractivity contribution in [3.8, 4) is 0 Å². The fourth-order valence-corrected chi connectivity index (χ4v) is 3.59. The van der Waals surface area contributed by atoms with Gasteiger partial charge in [-0.3, -0.25) is 4.84 Å². The molecule has 2 aromatic carbocycles. The fourth-order valence-electron chi connectivity index (χ4n) is 3.59. The van der Waals surface area contributed by atoms with Gasteiger partial charge in [-0.05, 0) is 31.1 Å². The van der Waals surface area contributed by atoms with Crippen molar-refractivity contribution in [1.82, 2.24) is 5.06 Å². The second-order valence-electron chi connectivity index (χ2n) is 7.55. The highest BCUT2D eigenvalue weighted by atomic mass is 16.8. The summed E-state index contributed by atoms with van der Waals surface area (Å²) in [4.78, 5) is 6.00. The molecule has 0 saturated carbocycles. The molecule has 2 aromatic rings. The van der Waals surface area contributed by atoms with Crippen LogP contribution in [0.2, 0.25) is 0 Å².